The fourth-order valence-corrected chi connectivity index (χ4v) is 1.22. The van der Waals surface area contributed by atoms with E-state index >= 15 is 0 Å². The molecule has 0 N–H and O–H groups in total. The summed E-state index contributed by atoms with van der Waals surface area (Å²) in [5.41, 5.74) is 0. The molecule has 2 nitrogen and oxygen atoms in total. The molecule has 0 saturated heterocycles. The maximum absolute atomic E-state index is 5.59. The molecule has 0 saturated carbocycles. The van der Waals surface area contributed by atoms with Crippen molar-refractivity contribution in [3.8, 4) is 11.5 Å². The summed E-state index contributed by atoms with van der Waals surface area (Å²) in [6.07, 6.45) is 0. The van der Waals surface area contributed by atoms with Crippen molar-refractivity contribution in [2.75, 3.05) is 13.7 Å². The van der Waals surface area contributed by atoms with Gasteiger partial charge in [0.15, 0.2) is 11.5 Å². The summed E-state index contributed by atoms with van der Waals surface area (Å²) in [7, 11) is 1.63. The molecule has 0 aromatic heterocycles. The van der Waals surface area contributed by atoms with Crippen LogP contribution in [0.4, 0.5) is 0 Å². The van der Waals surface area contributed by atoms with E-state index in [1.165, 1.54) is 0 Å². The highest BCUT2D eigenvalue weighted by molar-refractivity contribution is 7.80. The Kier molecular flexibility index (Phi) is 4.14. The topological polar surface area (TPSA) is 18.5 Å². The molecular weight excluding hydrogens is 196 g/mol. The highest BCUT2D eigenvalue weighted by Crippen LogP contribution is 2.29. The van der Waals surface area contributed by atoms with Crippen LogP contribution in [0.2, 0.25) is 0 Å². The molecule has 0 aliphatic carbocycles. The van der Waals surface area contributed by atoms with Crippen molar-refractivity contribution >= 4 is 12.6 Å². The van der Waals surface area contributed by atoms with E-state index in [4.69, 9.17) is 9.47 Å². The molecule has 14 heavy (non-hydrogen) atoms. The van der Waals surface area contributed by atoms with E-state index in [-0.39, 0.29) is 0 Å². The zero-order chi connectivity index (χ0) is 10.6. The fraction of sp³-hybridized carbons (Fsp3) is 0.455. The van der Waals surface area contributed by atoms with Crippen LogP contribution in [0, 0.1) is 5.92 Å². The van der Waals surface area contributed by atoms with Gasteiger partial charge in [0.2, 0.25) is 0 Å². The third-order valence-corrected chi connectivity index (χ3v) is 2.00. The number of rotatable bonds is 4. The van der Waals surface area contributed by atoms with Gasteiger partial charge >= 0.3 is 0 Å². The lowest BCUT2D eigenvalue weighted by atomic mass is 10.2. The number of hydrogen-bond acceptors (Lipinski definition) is 3. The lowest BCUT2D eigenvalue weighted by molar-refractivity contribution is 0.256. The Morgan fingerprint density at radius 2 is 2.00 bits per heavy atom. The van der Waals surface area contributed by atoms with Crippen molar-refractivity contribution in [3.63, 3.8) is 0 Å². The van der Waals surface area contributed by atoms with Gasteiger partial charge in [-0.05, 0) is 24.1 Å². The molecule has 0 spiro atoms. The summed E-state index contributed by atoms with van der Waals surface area (Å²) >= 11 is 4.23. The standard InChI is InChI=1S/C11H16O2S/c1-8(2)7-13-10-5-4-9(14)6-11(10)12-3/h4-6,8,14H,7H2,1-3H3. The predicted octanol–water partition coefficient (Wildman–Crippen LogP) is 3.02. The second-order valence-corrected chi connectivity index (χ2v) is 4.06. The average molecular weight is 212 g/mol. The monoisotopic (exact) mass is 212 g/mol. The largest absolute Gasteiger partial charge is 0.493 e. The van der Waals surface area contributed by atoms with Gasteiger partial charge < -0.3 is 9.47 Å². The molecule has 1 aromatic carbocycles. The summed E-state index contributed by atoms with van der Waals surface area (Å²) in [4.78, 5) is 0.874. The van der Waals surface area contributed by atoms with Crippen LogP contribution in [0.3, 0.4) is 0 Å². The van der Waals surface area contributed by atoms with Gasteiger partial charge in [-0.3, -0.25) is 0 Å². The third-order valence-electron chi connectivity index (χ3n) is 1.72. The zero-order valence-corrected chi connectivity index (χ0v) is 9.67. The Labute approximate surface area is 90.6 Å². The second kappa shape index (κ2) is 5.15. The molecular formula is C11H16O2S. The first-order chi connectivity index (χ1) is 6.63. The predicted molar refractivity (Wildman–Crippen MR) is 60.6 cm³/mol. The molecule has 1 aromatic rings. The second-order valence-electron chi connectivity index (χ2n) is 3.54. The quantitative estimate of drug-likeness (QED) is 0.773. The minimum Gasteiger partial charge on any atom is -0.493 e. The van der Waals surface area contributed by atoms with Gasteiger partial charge in [-0.25, -0.2) is 0 Å². The number of thiol groups is 1. The summed E-state index contributed by atoms with van der Waals surface area (Å²) in [6.45, 7) is 4.92. The first kappa shape index (κ1) is 11.2. The normalized spacial score (nSPS) is 10.4. The smallest absolute Gasteiger partial charge is 0.161 e. The summed E-state index contributed by atoms with van der Waals surface area (Å²) in [6, 6.07) is 5.61. The number of hydrogen-bond donors (Lipinski definition) is 1. The van der Waals surface area contributed by atoms with E-state index in [0.717, 1.165) is 16.4 Å². The molecule has 0 aliphatic rings. The minimum absolute atomic E-state index is 0.510. The van der Waals surface area contributed by atoms with E-state index in [0.29, 0.717) is 12.5 Å². The maximum atomic E-state index is 5.59. The van der Waals surface area contributed by atoms with E-state index in [1.807, 2.05) is 18.2 Å². The van der Waals surface area contributed by atoms with Gasteiger partial charge in [0.1, 0.15) is 0 Å². The molecule has 78 valence electrons. The Hall–Kier alpha value is -0.830. The summed E-state index contributed by atoms with van der Waals surface area (Å²) in [5, 5.41) is 0. The van der Waals surface area contributed by atoms with Gasteiger partial charge in [0.05, 0.1) is 13.7 Å². The van der Waals surface area contributed by atoms with Crippen LogP contribution in [-0.2, 0) is 0 Å². The van der Waals surface area contributed by atoms with E-state index in [2.05, 4.69) is 26.5 Å². The van der Waals surface area contributed by atoms with Gasteiger partial charge in [-0.1, -0.05) is 13.8 Å². The van der Waals surface area contributed by atoms with Crippen LogP contribution >= 0.6 is 12.6 Å². The molecule has 0 heterocycles. The number of methoxy groups -OCH3 is 1. The van der Waals surface area contributed by atoms with Crippen molar-refractivity contribution in [3.05, 3.63) is 18.2 Å². The molecule has 0 amide bonds. The van der Waals surface area contributed by atoms with Gasteiger partial charge in [-0.15, -0.1) is 12.6 Å². The average Bonchev–Trinajstić information content (AvgIpc) is 2.15. The van der Waals surface area contributed by atoms with Gasteiger partial charge in [-0.2, -0.15) is 0 Å². The highest BCUT2D eigenvalue weighted by atomic mass is 32.1. The van der Waals surface area contributed by atoms with Crippen LogP contribution in [0.5, 0.6) is 11.5 Å². The molecule has 0 fully saturated rings. The van der Waals surface area contributed by atoms with Gasteiger partial charge in [0.25, 0.3) is 0 Å². The van der Waals surface area contributed by atoms with Crippen LogP contribution in [0.15, 0.2) is 23.1 Å². The van der Waals surface area contributed by atoms with Crippen LogP contribution < -0.4 is 9.47 Å². The fourth-order valence-electron chi connectivity index (χ4n) is 1.03. The molecule has 0 bridgehead atoms. The minimum atomic E-state index is 0.510. The van der Waals surface area contributed by atoms with Crippen molar-refractivity contribution < 1.29 is 9.47 Å². The summed E-state index contributed by atoms with van der Waals surface area (Å²) in [5.74, 6) is 2.02. The summed E-state index contributed by atoms with van der Waals surface area (Å²) < 4.78 is 10.8. The maximum Gasteiger partial charge on any atom is 0.161 e. The zero-order valence-electron chi connectivity index (χ0n) is 8.78. The molecule has 1 rings (SSSR count). The first-order valence-corrected chi connectivity index (χ1v) is 5.08. The molecule has 0 unspecified atom stereocenters. The number of ether oxygens (including phenoxy) is 2. The Bertz CT molecular complexity index is 297. The lowest BCUT2D eigenvalue weighted by Crippen LogP contribution is -2.05. The number of benzene rings is 1. The van der Waals surface area contributed by atoms with Crippen molar-refractivity contribution in [2.45, 2.75) is 18.7 Å². The third kappa shape index (κ3) is 3.14. The van der Waals surface area contributed by atoms with Crippen molar-refractivity contribution in [2.24, 2.45) is 5.92 Å². The van der Waals surface area contributed by atoms with E-state index < -0.39 is 0 Å². The van der Waals surface area contributed by atoms with Crippen LogP contribution in [-0.4, -0.2) is 13.7 Å². The van der Waals surface area contributed by atoms with Crippen LogP contribution in [0.25, 0.3) is 0 Å². The van der Waals surface area contributed by atoms with Crippen molar-refractivity contribution in [1.29, 1.82) is 0 Å². The van der Waals surface area contributed by atoms with Crippen LogP contribution in [0.1, 0.15) is 13.8 Å². The first-order valence-electron chi connectivity index (χ1n) is 4.63. The Morgan fingerprint density at radius 3 is 2.57 bits per heavy atom. The molecule has 0 atom stereocenters. The van der Waals surface area contributed by atoms with E-state index in [9.17, 15) is 0 Å². The Balaban J connectivity index is 2.75. The van der Waals surface area contributed by atoms with Gasteiger partial charge in [0, 0.05) is 4.90 Å². The lowest BCUT2D eigenvalue weighted by Gasteiger charge is -2.12. The van der Waals surface area contributed by atoms with E-state index in [1.54, 1.807) is 7.11 Å². The Morgan fingerprint density at radius 1 is 1.29 bits per heavy atom. The highest BCUT2D eigenvalue weighted by Gasteiger charge is 2.04. The molecule has 0 radical (unpaired) electrons. The molecule has 3 heteroatoms. The SMILES string of the molecule is COc1cc(S)ccc1OCC(C)C. The molecule has 0 aliphatic heterocycles. The van der Waals surface area contributed by atoms with Crippen molar-refractivity contribution in [1.82, 2.24) is 0 Å².